The number of fused-ring (bicyclic) bond motifs is 1. The summed E-state index contributed by atoms with van der Waals surface area (Å²) < 4.78 is 33.7. The Morgan fingerprint density at radius 1 is 1.03 bits per heavy atom. The first-order valence-electron chi connectivity index (χ1n) is 10.9. The van der Waals surface area contributed by atoms with Crippen LogP contribution >= 0.6 is 11.6 Å². The van der Waals surface area contributed by atoms with Crippen LogP contribution in [-0.4, -0.2) is 69.4 Å². The van der Waals surface area contributed by atoms with Crippen LogP contribution in [0.4, 0.5) is 5.69 Å². The van der Waals surface area contributed by atoms with Gasteiger partial charge < -0.3 is 9.64 Å². The van der Waals surface area contributed by atoms with E-state index in [1.54, 1.807) is 46.5 Å². The molecule has 0 saturated carbocycles. The van der Waals surface area contributed by atoms with Crippen molar-refractivity contribution in [2.24, 2.45) is 0 Å². The van der Waals surface area contributed by atoms with Crippen LogP contribution in [0.3, 0.4) is 0 Å². The number of rotatable bonds is 6. The van der Waals surface area contributed by atoms with Gasteiger partial charge in [0.05, 0.1) is 4.90 Å². The summed E-state index contributed by atoms with van der Waals surface area (Å²) in [6.45, 7) is 5.69. The number of hydrogen-bond acceptors (Lipinski definition) is 5. The Balaban J connectivity index is 1.33. The molecule has 32 heavy (non-hydrogen) atoms. The van der Waals surface area contributed by atoms with Crippen molar-refractivity contribution in [3.8, 4) is 5.75 Å². The van der Waals surface area contributed by atoms with Gasteiger partial charge in [0, 0.05) is 56.9 Å². The van der Waals surface area contributed by atoms with Crippen LogP contribution in [0.2, 0.25) is 5.02 Å². The van der Waals surface area contributed by atoms with E-state index in [0.717, 1.165) is 36.4 Å². The Kier molecular flexibility index (Phi) is 7.05. The molecule has 0 N–H and O–H groups in total. The normalized spacial score (nSPS) is 17.8. The minimum absolute atomic E-state index is 0.0160. The van der Waals surface area contributed by atoms with Crippen molar-refractivity contribution < 1.29 is 17.9 Å². The van der Waals surface area contributed by atoms with Crippen molar-refractivity contribution in [2.45, 2.75) is 24.7 Å². The van der Waals surface area contributed by atoms with Gasteiger partial charge >= 0.3 is 0 Å². The first kappa shape index (κ1) is 23.0. The average molecular weight is 478 g/mol. The number of hydrogen-bond donors (Lipinski definition) is 0. The summed E-state index contributed by atoms with van der Waals surface area (Å²) in [5, 5.41) is 0.671. The standard InChI is InChI=1S/C23H28ClN3O4S/c1-18(28)27-10-2-3-19-17-22(8-9-23(19)27)32(29,30)26-13-11-25(12-14-26)15-16-31-21-6-4-20(24)5-7-21/h4-9,17H,2-3,10-16H2,1H3. The number of halogens is 1. The molecule has 2 aromatic carbocycles. The highest BCUT2D eigenvalue weighted by molar-refractivity contribution is 7.89. The summed E-state index contributed by atoms with van der Waals surface area (Å²) in [5.41, 5.74) is 1.75. The highest BCUT2D eigenvalue weighted by Crippen LogP contribution is 2.30. The molecule has 0 unspecified atom stereocenters. The fourth-order valence-corrected chi connectivity index (χ4v) is 5.83. The van der Waals surface area contributed by atoms with E-state index in [1.807, 2.05) is 12.1 Å². The zero-order valence-corrected chi connectivity index (χ0v) is 19.7. The van der Waals surface area contributed by atoms with E-state index in [9.17, 15) is 13.2 Å². The van der Waals surface area contributed by atoms with E-state index in [2.05, 4.69) is 4.90 Å². The third kappa shape index (κ3) is 5.09. The first-order valence-corrected chi connectivity index (χ1v) is 12.7. The van der Waals surface area contributed by atoms with Crippen molar-refractivity contribution in [3.05, 3.63) is 53.1 Å². The maximum absolute atomic E-state index is 13.2. The van der Waals surface area contributed by atoms with Gasteiger partial charge in [0.25, 0.3) is 0 Å². The molecule has 0 spiro atoms. The van der Waals surface area contributed by atoms with Crippen LogP contribution in [0.5, 0.6) is 5.75 Å². The number of piperazine rings is 1. The predicted octanol–water partition coefficient (Wildman–Crippen LogP) is 3.02. The van der Waals surface area contributed by atoms with Gasteiger partial charge in [0.1, 0.15) is 12.4 Å². The summed E-state index contributed by atoms with van der Waals surface area (Å²) in [6, 6.07) is 12.4. The van der Waals surface area contributed by atoms with Crippen LogP contribution in [0.15, 0.2) is 47.4 Å². The summed E-state index contributed by atoms with van der Waals surface area (Å²) in [4.78, 5) is 16.1. The molecule has 2 aliphatic heterocycles. The SMILES string of the molecule is CC(=O)N1CCCc2cc(S(=O)(=O)N3CCN(CCOc4ccc(Cl)cc4)CC3)ccc21. The molecule has 4 rings (SSSR count). The molecule has 0 bridgehead atoms. The molecule has 2 heterocycles. The lowest BCUT2D eigenvalue weighted by atomic mass is 10.0. The lowest BCUT2D eigenvalue weighted by Crippen LogP contribution is -2.49. The Morgan fingerprint density at radius 2 is 1.75 bits per heavy atom. The molecule has 1 amide bonds. The summed E-state index contributed by atoms with van der Waals surface area (Å²) in [7, 11) is -3.56. The second kappa shape index (κ2) is 9.79. The largest absolute Gasteiger partial charge is 0.492 e. The van der Waals surface area contributed by atoms with Gasteiger partial charge in [-0.1, -0.05) is 11.6 Å². The molecule has 0 aliphatic carbocycles. The van der Waals surface area contributed by atoms with E-state index < -0.39 is 10.0 Å². The third-order valence-electron chi connectivity index (χ3n) is 6.01. The fourth-order valence-electron chi connectivity index (χ4n) is 4.23. The lowest BCUT2D eigenvalue weighted by Gasteiger charge is -2.34. The second-order valence-corrected chi connectivity index (χ2v) is 10.5. The molecule has 0 aromatic heterocycles. The molecular formula is C23H28ClN3O4S. The Morgan fingerprint density at radius 3 is 2.44 bits per heavy atom. The maximum atomic E-state index is 13.2. The molecule has 172 valence electrons. The van der Waals surface area contributed by atoms with Crippen molar-refractivity contribution in [1.82, 2.24) is 9.21 Å². The number of benzene rings is 2. The van der Waals surface area contributed by atoms with Crippen LogP contribution < -0.4 is 9.64 Å². The van der Waals surface area contributed by atoms with Crippen molar-refractivity contribution >= 4 is 33.2 Å². The van der Waals surface area contributed by atoms with Crippen LogP contribution in [0.1, 0.15) is 18.9 Å². The highest BCUT2D eigenvalue weighted by Gasteiger charge is 2.30. The topological polar surface area (TPSA) is 70.2 Å². The van der Waals surface area contributed by atoms with Crippen molar-refractivity contribution in [3.63, 3.8) is 0 Å². The molecular weight excluding hydrogens is 450 g/mol. The van der Waals surface area contributed by atoms with Crippen molar-refractivity contribution in [2.75, 3.05) is 50.8 Å². The smallest absolute Gasteiger partial charge is 0.243 e. The molecule has 0 atom stereocenters. The van der Waals surface area contributed by atoms with E-state index in [-0.39, 0.29) is 5.91 Å². The Hall–Kier alpha value is -2.13. The zero-order chi connectivity index (χ0) is 22.7. The fraction of sp³-hybridized carbons (Fsp3) is 0.435. The molecule has 9 heteroatoms. The minimum Gasteiger partial charge on any atom is -0.492 e. The number of carbonyl (C=O) groups excluding carboxylic acids is 1. The third-order valence-corrected chi connectivity index (χ3v) is 8.16. The van der Waals surface area contributed by atoms with Crippen LogP contribution in [-0.2, 0) is 21.2 Å². The van der Waals surface area contributed by atoms with Crippen LogP contribution in [0, 0.1) is 0 Å². The number of sulfonamides is 1. The summed E-state index contributed by atoms with van der Waals surface area (Å²) >= 11 is 5.88. The second-order valence-electron chi connectivity index (χ2n) is 8.11. The molecule has 2 aromatic rings. The van der Waals surface area contributed by atoms with Gasteiger partial charge in [0.2, 0.25) is 15.9 Å². The predicted molar refractivity (Wildman–Crippen MR) is 125 cm³/mol. The maximum Gasteiger partial charge on any atom is 0.243 e. The van der Waals surface area contributed by atoms with Gasteiger partial charge in [-0.25, -0.2) is 8.42 Å². The minimum atomic E-state index is -3.56. The molecule has 2 aliphatic rings. The van der Waals surface area contributed by atoms with Gasteiger partial charge in [-0.3, -0.25) is 9.69 Å². The number of carbonyl (C=O) groups is 1. The molecule has 1 fully saturated rings. The Bertz CT molecular complexity index is 1070. The number of amides is 1. The molecule has 1 saturated heterocycles. The molecule has 7 nitrogen and oxygen atoms in total. The number of ether oxygens (including phenoxy) is 1. The summed E-state index contributed by atoms with van der Waals surface area (Å²) in [5.74, 6) is 0.754. The van der Waals surface area contributed by atoms with Gasteiger partial charge in [0.15, 0.2) is 0 Å². The first-order chi connectivity index (χ1) is 15.3. The van der Waals surface area contributed by atoms with E-state index in [4.69, 9.17) is 16.3 Å². The van der Waals surface area contributed by atoms with E-state index >= 15 is 0 Å². The van der Waals surface area contributed by atoms with Gasteiger partial charge in [-0.05, 0) is 60.9 Å². The quantitative estimate of drug-likeness (QED) is 0.639. The van der Waals surface area contributed by atoms with Gasteiger partial charge in [-0.2, -0.15) is 4.31 Å². The number of nitrogens with zero attached hydrogens (tertiary/aromatic N) is 3. The lowest BCUT2D eigenvalue weighted by molar-refractivity contribution is -0.116. The van der Waals surface area contributed by atoms with Gasteiger partial charge in [-0.15, -0.1) is 0 Å². The number of aryl methyl sites for hydroxylation is 1. The zero-order valence-electron chi connectivity index (χ0n) is 18.2. The van der Waals surface area contributed by atoms with E-state index in [1.165, 1.54) is 0 Å². The Labute approximate surface area is 194 Å². The molecule has 0 radical (unpaired) electrons. The van der Waals surface area contributed by atoms with E-state index in [0.29, 0.717) is 49.2 Å². The average Bonchev–Trinajstić information content (AvgIpc) is 2.80. The monoisotopic (exact) mass is 477 g/mol. The number of anilines is 1. The van der Waals surface area contributed by atoms with Crippen LogP contribution in [0.25, 0.3) is 0 Å². The summed E-state index contributed by atoms with van der Waals surface area (Å²) in [6.07, 6.45) is 1.62. The highest BCUT2D eigenvalue weighted by atomic mass is 35.5. The van der Waals surface area contributed by atoms with Crippen molar-refractivity contribution in [1.29, 1.82) is 0 Å².